The number of fused-ring (bicyclic) bond motifs is 1. The van der Waals surface area contributed by atoms with Crippen LogP contribution in [0.2, 0.25) is 0 Å². The number of carbonyl (C=O) groups is 1. The van der Waals surface area contributed by atoms with E-state index in [-0.39, 0.29) is 0 Å². The van der Waals surface area contributed by atoms with Crippen LogP contribution in [0, 0.1) is 5.92 Å². The highest BCUT2D eigenvalue weighted by atomic mass is 16.2. The van der Waals surface area contributed by atoms with Gasteiger partial charge in [0.25, 0.3) is 0 Å². The van der Waals surface area contributed by atoms with Gasteiger partial charge in [-0.25, -0.2) is 9.97 Å². The summed E-state index contributed by atoms with van der Waals surface area (Å²) in [6.07, 6.45) is 13.9. The number of carbonyl (C=O) groups excluding carboxylic acids is 1. The second kappa shape index (κ2) is 8.58. The van der Waals surface area contributed by atoms with Gasteiger partial charge in [0.1, 0.15) is 12.1 Å². The number of aromatic nitrogens is 2. The summed E-state index contributed by atoms with van der Waals surface area (Å²) < 4.78 is 0. The lowest BCUT2D eigenvalue weighted by Crippen LogP contribution is -2.52. The van der Waals surface area contributed by atoms with E-state index in [1.54, 1.807) is 6.33 Å². The third kappa shape index (κ3) is 4.14. The minimum absolute atomic E-state index is 0.330. The van der Waals surface area contributed by atoms with E-state index in [9.17, 15) is 4.79 Å². The summed E-state index contributed by atoms with van der Waals surface area (Å²) in [5.74, 6) is 2.06. The van der Waals surface area contributed by atoms with E-state index in [1.165, 1.54) is 56.9 Å². The Labute approximate surface area is 174 Å². The minimum atomic E-state index is 0.330. The highest BCUT2D eigenvalue weighted by molar-refractivity contribution is 5.77. The van der Waals surface area contributed by atoms with Crippen molar-refractivity contribution in [2.75, 3.05) is 37.6 Å². The van der Waals surface area contributed by atoms with Crippen molar-refractivity contribution >= 4 is 11.7 Å². The lowest BCUT2D eigenvalue weighted by Gasteiger charge is -2.43. The SMILES string of the molecule is O=C(CC1CCCCC1)N1CCc2c(ncnc2N2CCN(C3CCC3)CC2)C1. The summed E-state index contributed by atoms with van der Waals surface area (Å²) in [5, 5.41) is 0. The molecule has 29 heavy (non-hydrogen) atoms. The molecule has 3 fully saturated rings. The quantitative estimate of drug-likeness (QED) is 0.782. The fourth-order valence-corrected chi connectivity index (χ4v) is 5.64. The van der Waals surface area contributed by atoms with Crippen LogP contribution in [0.5, 0.6) is 0 Å². The van der Waals surface area contributed by atoms with Crippen LogP contribution in [-0.2, 0) is 17.8 Å². The molecule has 6 heteroatoms. The van der Waals surface area contributed by atoms with E-state index in [1.807, 2.05) is 4.90 Å². The standard InChI is InChI=1S/C23H35N5O/c29-22(15-18-5-2-1-3-6-18)28-10-9-20-21(16-28)24-17-25-23(20)27-13-11-26(12-14-27)19-7-4-8-19/h17-19H,1-16H2. The zero-order valence-electron chi connectivity index (χ0n) is 17.7. The average molecular weight is 398 g/mol. The Bertz CT molecular complexity index is 720. The summed E-state index contributed by atoms with van der Waals surface area (Å²) >= 11 is 0. The first-order valence-corrected chi connectivity index (χ1v) is 11.9. The number of amides is 1. The molecule has 0 spiro atoms. The van der Waals surface area contributed by atoms with Gasteiger partial charge in [-0.1, -0.05) is 25.7 Å². The largest absolute Gasteiger partial charge is 0.354 e. The molecule has 1 amide bonds. The van der Waals surface area contributed by atoms with Crippen molar-refractivity contribution in [2.45, 2.75) is 76.8 Å². The smallest absolute Gasteiger partial charge is 0.223 e. The molecule has 3 heterocycles. The molecular weight excluding hydrogens is 362 g/mol. The van der Waals surface area contributed by atoms with Gasteiger partial charge >= 0.3 is 0 Å². The second-order valence-electron chi connectivity index (χ2n) is 9.50. The van der Waals surface area contributed by atoms with Crippen molar-refractivity contribution in [3.63, 3.8) is 0 Å². The van der Waals surface area contributed by atoms with Crippen LogP contribution in [0.4, 0.5) is 5.82 Å². The second-order valence-corrected chi connectivity index (χ2v) is 9.50. The predicted molar refractivity (Wildman–Crippen MR) is 114 cm³/mol. The van der Waals surface area contributed by atoms with Crippen molar-refractivity contribution in [3.05, 3.63) is 17.6 Å². The Morgan fingerprint density at radius 3 is 2.45 bits per heavy atom. The van der Waals surface area contributed by atoms with Crippen LogP contribution < -0.4 is 4.90 Å². The van der Waals surface area contributed by atoms with Crippen LogP contribution in [0.25, 0.3) is 0 Å². The maximum atomic E-state index is 12.9. The van der Waals surface area contributed by atoms with Crippen molar-refractivity contribution in [1.29, 1.82) is 0 Å². The van der Waals surface area contributed by atoms with Crippen molar-refractivity contribution in [3.8, 4) is 0 Å². The minimum Gasteiger partial charge on any atom is -0.354 e. The Hall–Kier alpha value is -1.69. The fourth-order valence-electron chi connectivity index (χ4n) is 5.64. The van der Waals surface area contributed by atoms with E-state index in [2.05, 4.69) is 19.8 Å². The molecular formula is C23H35N5O. The number of hydrogen-bond donors (Lipinski definition) is 0. The zero-order valence-corrected chi connectivity index (χ0v) is 17.7. The number of hydrogen-bond acceptors (Lipinski definition) is 5. The van der Waals surface area contributed by atoms with Gasteiger partial charge in [-0.2, -0.15) is 0 Å². The molecule has 4 aliphatic rings. The molecule has 1 aromatic heterocycles. The summed E-state index contributed by atoms with van der Waals surface area (Å²) in [7, 11) is 0. The topological polar surface area (TPSA) is 52.6 Å². The molecule has 6 nitrogen and oxygen atoms in total. The molecule has 1 aromatic rings. The van der Waals surface area contributed by atoms with Crippen molar-refractivity contribution in [1.82, 2.24) is 19.8 Å². The molecule has 0 N–H and O–H groups in total. The Morgan fingerprint density at radius 2 is 1.72 bits per heavy atom. The van der Waals surface area contributed by atoms with Crippen LogP contribution in [-0.4, -0.2) is 64.4 Å². The first-order valence-electron chi connectivity index (χ1n) is 11.9. The first-order chi connectivity index (χ1) is 14.3. The molecule has 0 radical (unpaired) electrons. The van der Waals surface area contributed by atoms with Gasteiger partial charge in [0.15, 0.2) is 0 Å². The Kier molecular flexibility index (Phi) is 5.71. The van der Waals surface area contributed by atoms with Gasteiger partial charge in [-0.3, -0.25) is 9.69 Å². The van der Waals surface area contributed by atoms with Crippen molar-refractivity contribution in [2.24, 2.45) is 5.92 Å². The molecule has 158 valence electrons. The number of anilines is 1. The maximum Gasteiger partial charge on any atom is 0.223 e. The number of nitrogens with zero attached hydrogens (tertiary/aromatic N) is 5. The van der Waals surface area contributed by atoms with Gasteiger partial charge in [0, 0.05) is 50.7 Å². The molecule has 0 bridgehead atoms. The predicted octanol–water partition coefficient (Wildman–Crippen LogP) is 3.01. The molecule has 2 aliphatic carbocycles. The van der Waals surface area contributed by atoms with E-state index in [0.717, 1.165) is 63.1 Å². The van der Waals surface area contributed by atoms with E-state index in [4.69, 9.17) is 0 Å². The monoisotopic (exact) mass is 397 g/mol. The number of rotatable bonds is 4. The fraction of sp³-hybridized carbons (Fsp3) is 0.783. The number of piperazine rings is 1. The van der Waals surface area contributed by atoms with Crippen molar-refractivity contribution < 1.29 is 4.79 Å². The van der Waals surface area contributed by atoms with Crippen LogP contribution in [0.3, 0.4) is 0 Å². The average Bonchev–Trinajstić information content (AvgIpc) is 2.73. The van der Waals surface area contributed by atoms with Gasteiger partial charge in [-0.15, -0.1) is 0 Å². The third-order valence-corrected chi connectivity index (χ3v) is 7.73. The maximum absolute atomic E-state index is 12.9. The molecule has 2 aliphatic heterocycles. The lowest BCUT2D eigenvalue weighted by atomic mass is 9.86. The van der Waals surface area contributed by atoms with Crippen LogP contribution in [0.15, 0.2) is 6.33 Å². The summed E-state index contributed by atoms with van der Waals surface area (Å²) in [6.45, 7) is 5.90. The van der Waals surface area contributed by atoms with Gasteiger partial charge < -0.3 is 9.80 Å². The summed E-state index contributed by atoms with van der Waals surface area (Å²) in [5.41, 5.74) is 2.35. The van der Waals surface area contributed by atoms with Crippen LogP contribution in [0.1, 0.15) is 69.0 Å². The molecule has 0 atom stereocenters. The lowest BCUT2D eigenvalue weighted by molar-refractivity contribution is -0.133. The van der Waals surface area contributed by atoms with Crippen LogP contribution >= 0.6 is 0 Å². The third-order valence-electron chi connectivity index (χ3n) is 7.73. The van der Waals surface area contributed by atoms with E-state index < -0.39 is 0 Å². The van der Waals surface area contributed by atoms with E-state index >= 15 is 0 Å². The normalized spacial score (nSPS) is 24.3. The van der Waals surface area contributed by atoms with E-state index in [0.29, 0.717) is 18.4 Å². The molecule has 0 unspecified atom stereocenters. The Morgan fingerprint density at radius 1 is 0.931 bits per heavy atom. The summed E-state index contributed by atoms with van der Waals surface area (Å²) in [6, 6.07) is 0.834. The molecule has 0 aromatic carbocycles. The highest BCUT2D eigenvalue weighted by Gasteiger charge is 2.31. The van der Waals surface area contributed by atoms with Gasteiger partial charge in [-0.05, 0) is 38.0 Å². The molecule has 1 saturated heterocycles. The summed E-state index contributed by atoms with van der Waals surface area (Å²) in [4.78, 5) is 29.3. The Balaban J connectivity index is 1.21. The highest BCUT2D eigenvalue weighted by Crippen LogP contribution is 2.31. The zero-order chi connectivity index (χ0) is 19.6. The molecule has 5 rings (SSSR count). The van der Waals surface area contributed by atoms with Gasteiger partial charge in [0.2, 0.25) is 5.91 Å². The van der Waals surface area contributed by atoms with Gasteiger partial charge in [0.05, 0.1) is 12.2 Å². The molecule has 2 saturated carbocycles. The first kappa shape index (κ1) is 19.3.